The lowest BCUT2D eigenvalue weighted by atomic mass is 9.96. The van der Waals surface area contributed by atoms with E-state index in [4.69, 9.17) is 15.1 Å². The number of fused-ring (bicyclic) bond motifs is 1. The Hall–Kier alpha value is -2.37. The van der Waals surface area contributed by atoms with Crippen LogP contribution < -0.4 is 5.73 Å². The number of aryl methyl sites for hydroxylation is 1. The largest absolute Gasteiger partial charge is 0.439 e. The van der Waals surface area contributed by atoms with E-state index in [1.165, 1.54) is 0 Å². The zero-order chi connectivity index (χ0) is 14.5. The highest BCUT2D eigenvalue weighted by atomic mass is 16.4. The van der Waals surface area contributed by atoms with Crippen LogP contribution in [0.5, 0.6) is 0 Å². The summed E-state index contributed by atoms with van der Waals surface area (Å²) in [6, 6.07) is 0. The van der Waals surface area contributed by atoms with Crippen molar-refractivity contribution in [3.8, 4) is 11.5 Å². The van der Waals surface area contributed by atoms with Crippen molar-refractivity contribution in [3.63, 3.8) is 0 Å². The molecule has 0 bridgehead atoms. The van der Waals surface area contributed by atoms with E-state index in [0.29, 0.717) is 23.2 Å². The highest BCUT2D eigenvalue weighted by Crippen LogP contribution is 2.32. The van der Waals surface area contributed by atoms with E-state index in [1.54, 1.807) is 19.3 Å². The summed E-state index contributed by atoms with van der Waals surface area (Å²) in [7, 11) is 0. The van der Waals surface area contributed by atoms with Crippen LogP contribution in [0.15, 0.2) is 23.0 Å². The number of oxazole rings is 1. The van der Waals surface area contributed by atoms with Gasteiger partial charge in [-0.05, 0) is 0 Å². The van der Waals surface area contributed by atoms with Crippen molar-refractivity contribution in [1.29, 1.82) is 0 Å². The van der Waals surface area contributed by atoms with E-state index in [0.717, 1.165) is 11.3 Å². The maximum Gasteiger partial charge on any atom is 0.191 e. The van der Waals surface area contributed by atoms with Gasteiger partial charge in [-0.2, -0.15) is 0 Å². The van der Waals surface area contributed by atoms with Crippen molar-refractivity contribution >= 4 is 11.3 Å². The minimum atomic E-state index is -0.121. The van der Waals surface area contributed by atoms with Crippen molar-refractivity contribution in [1.82, 2.24) is 19.4 Å². The molecule has 3 aromatic rings. The van der Waals surface area contributed by atoms with Gasteiger partial charge in [-0.25, -0.2) is 15.0 Å². The second kappa shape index (κ2) is 4.06. The van der Waals surface area contributed by atoms with Gasteiger partial charge in [0.05, 0.1) is 6.20 Å². The summed E-state index contributed by atoms with van der Waals surface area (Å²) in [5.41, 5.74) is 7.34. The van der Waals surface area contributed by atoms with Gasteiger partial charge >= 0.3 is 0 Å². The van der Waals surface area contributed by atoms with Gasteiger partial charge in [0, 0.05) is 24.7 Å². The Morgan fingerprint density at radius 3 is 2.60 bits per heavy atom. The smallest absolute Gasteiger partial charge is 0.191 e. The fourth-order valence-electron chi connectivity index (χ4n) is 2.24. The Morgan fingerprint density at radius 1 is 1.25 bits per heavy atom. The van der Waals surface area contributed by atoms with Crippen molar-refractivity contribution in [2.75, 3.05) is 5.73 Å². The molecule has 0 unspecified atom stereocenters. The van der Waals surface area contributed by atoms with Crippen molar-refractivity contribution in [2.45, 2.75) is 33.1 Å². The van der Waals surface area contributed by atoms with Crippen LogP contribution in [0.4, 0.5) is 5.82 Å². The standard InChI is InChI=1S/C14H17N5O/c1-8-17-7-9(20-8)10-11-12(15)16-5-6-19(11)13(18-10)14(2,3)4/h5-7H,1-4H3,(H2,15,16). The van der Waals surface area contributed by atoms with Gasteiger partial charge < -0.3 is 10.2 Å². The number of nitrogens with two attached hydrogens (primary N) is 1. The molecule has 0 spiro atoms. The maximum absolute atomic E-state index is 6.02. The van der Waals surface area contributed by atoms with Gasteiger partial charge in [0.25, 0.3) is 0 Å². The van der Waals surface area contributed by atoms with E-state index in [-0.39, 0.29) is 5.41 Å². The number of nitrogens with zero attached hydrogens (tertiary/aromatic N) is 4. The average molecular weight is 271 g/mol. The second-order valence-electron chi connectivity index (χ2n) is 5.81. The van der Waals surface area contributed by atoms with Crippen LogP contribution in [0.1, 0.15) is 32.5 Å². The van der Waals surface area contributed by atoms with Gasteiger partial charge in [0.2, 0.25) is 0 Å². The quantitative estimate of drug-likeness (QED) is 0.735. The topological polar surface area (TPSA) is 82.2 Å². The Balaban J connectivity index is 2.38. The lowest BCUT2D eigenvalue weighted by Gasteiger charge is -2.16. The number of hydrogen-bond donors (Lipinski definition) is 1. The first kappa shape index (κ1) is 12.7. The molecule has 0 saturated carbocycles. The molecular formula is C14H17N5O. The van der Waals surface area contributed by atoms with Crippen LogP contribution in [-0.2, 0) is 5.41 Å². The van der Waals surface area contributed by atoms with E-state index in [9.17, 15) is 0 Å². The van der Waals surface area contributed by atoms with Crippen LogP contribution in [0, 0.1) is 6.92 Å². The zero-order valence-corrected chi connectivity index (χ0v) is 12.0. The normalized spacial score (nSPS) is 12.2. The molecule has 0 radical (unpaired) electrons. The van der Waals surface area contributed by atoms with Gasteiger partial charge in [-0.1, -0.05) is 20.8 Å². The number of nitrogen functional groups attached to an aromatic ring is 1. The number of aromatic nitrogens is 4. The minimum absolute atomic E-state index is 0.121. The third-order valence-corrected chi connectivity index (χ3v) is 3.11. The Bertz CT molecular complexity index is 779. The molecule has 0 aliphatic heterocycles. The monoisotopic (exact) mass is 271 g/mol. The molecule has 0 atom stereocenters. The number of hydrogen-bond acceptors (Lipinski definition) is 5. The second-order valence-corrected chi connectivity index (χ2v) is 5.81. The molecule has 0 fully saturated rings. The molecule has 6 heteroatoms. The molecule has 0 amide bonds. The highest BCUT2D eigenvalue weighted by molar-refractivity contribution is 5.83. The molecular weight excluding hydrogens is 254 g/mol. The summed E-state index contributed by atoms with van der Waals surface area (Å²) in [5, 5.41) is 0. The molecule has 3 aromatic heterocycles. The van der Waals surface area contributed by atoms with Crippen molar-refractivity contribution in [3.05, 3.63) is 30.3 Å². The molecule has 6 nitrogen and oxygen atoms in total. The first-order valence-corrected chi connectivity index (χ1v) is 6.44. The zero-order valence-electron chi connectivity index (χ0n) is 12.0. The number of rotatable bonds is 1. The van der Waals surface area contributed by atoms with E-state index in [1.807, 2.05) is 10.6 Å². The van der Waals surface area contributed by atoms with Crippen molar-refractivity contribution < 1.29 is 4.42 Å². The molecule has 104 valence electrons. The third kappa shape index (κ3) is 1.84. The molecule has 0 saturated heterocycles. The molecule has 3 heterocycles. The SMILES string of the molecule is Cc1ncc(-c2nc(C(C)(C)C)n3ccnc(N)c23)o1. The molecule has 20 heavy (non-hydrogen) atoms. The van der Waals surface area contributed by atoms with Crippen LogP contribution in [0.2, 0.25) is 0 Å². The lowest BCUT2D eigenvalue weighted by Crippen LogP contribution is -2.16. The van der Waals surface area contributed by atoms with E-state index in [2.05, 4.69) is 30.7 Å². The maximum atomic E-state index is 6.02. The fraction of sp³-hybridized carbons (Fsp3) is 0.357. The van der Waals surface area contributed by atoms with Gasteiger partial charge in [-0.3, -0.25) is 4.40 Å². The average Bonchev–Trinajstić information content (AvgIpc) is 2.92. The number of anilines is 1. The molecule has 0 aliphatic carbocycles. The summed E-state index contributed by atoms with van der Waals surface area (Å²) < 4.78 is 7.56. The molecule has 3 rings (SSSR count). The number of imidazole rings is 1. The minimum Gasteiger partial charge on any atom is -0.439 e. The Labute approximate surface area is 116 Å². The predicted octanol–water partition coefficient (Wildman–Crippen LogP) is 2.57. The van der Waals surface area contributed by atoms with E-state index >= 15 is 0 Å². The fourth-order valence-corrected chi connectivity index (χ4v) is 2.24. The first-order valence-electron chi connectivity index (χ1n) is 6.44. The Kier molecular flexibility index (Phi) is 2.57. The summed E-state index contributed by atoms with van der Waals surface area (Å²) in [6.07, 6.45) is 5.21. The van der Waals surface area contributed by atoms with E-state index < -0.39 is 0 Å². The predicted molar refractivity (Wildman–Crippen MR) is 76.3 cm³/mol. The summed E-state index contributed by atoms with van der Waals surface area (Å²) in [4.78, 5) is 13.0. The molecule has 0 aromatic carbocycles. The van der Waals surface area contributed by atoms with Crippen LogP contribution in [-0.4, -0.2) is 19.4 Å². The van der Waals surface area contributed by atoms with Crippen LogP contribution >= 0.6 is 0 Å². The molecule has 2 N–H and O–H groups in total. The summed E-state index contributed by atoms with van der Waals surface area (Å²) in [6.45, 7) is 8.11. The van der Waals surface area contributed by atoms with Crippen LogP contribution in [0.25, 0.3) is 17.0 Å². The van der Waals surface area contributed by atoms with Gasteiger partial charge in [0.15, 0.2) is 11.7 Å². The third-order valence-electron chi connectivity index (χ3n) is 3.11. The van der Waals surface area contributed by atoms with Gasteiger partial charge in [0.1, 0.15) is 22.9 Å². The summed E-state index contributed by atoms with van der Waals surface area (Å²) >= 11 is 0. The highest BCUT2D eigenvalue weighted by Gasteiger charge is 2.25. The van der Waals surface area contributed by atoms with Crippen LogP contribution in [0.3, 0.4) is 0 Å². The summed E-state index contributed by atoms with van der Waals surface area (Å²) in [5.74, 6) is 2.54. The Morgan fingerprint density at radius 2 is 2.00 bits per heavy atom. The van der Waals surface area contributed by atoms with Crippen molar-refractivity contribution in [2.24, 2.45) is 0 Å². The van der Waals surface area contributed by atoms with Gasteiger partial charge in [-0.15, -0.1) is 0 Å². The molecule has 0 aliphatic rings. The lowest BCUT2D eigenvalue weighted by molar-refractivity contribution is 0.529. The first-order chi connectivity index (χ1) is 9.38.